The predicted molar refractivity (Wildman–Crippen MR) is 53.0 cm³/mol. The largest absolute Gasteiger partial charge is 0.433 e. The zero-order valence-corrected chi connectivity index (χ0v) is 9.27. The topological polar surface area (TPSA) is 26.3 Å². The monoisotopic (exact) mass is 270 g/mol. The molecule has 0 radical (unpaired) electrons. The molecule has 0 aromatic heterocycles. The first-order valence-corrected chi connectivity index (χ1v) is 4.78. The first kappa shape index (κ1) is 13.8. The number of benzene rings is 1. The molecule has 0 heterocycles. The summed E-state index contributed by atoms with van der Waals surface area (Å²) in [6.45, 7) is -2.12. The van der Waals surface area contributed by atoms with E-state index in [1.165, 1.54) is 0 Å². The van der Waals surface area contributed by atoms with Crippen molar-refractivity contribution in [2.75, 3.05) is 0 Å². The molecule has 17 heavy (non-hydrogen) atoms. The van der Waals surface area contributed by atoms with Crippen molar-refractivity contribution >= 4 is 17.4 Å². The van der Waals surface area contributed by atoms with Gasteiger partial charge in [0.1, 0.15) is 5.75 Å². The molecular weight excluding hydrogens is 264 g/mol. The van der Waals surface area contributed by atoms with Gasteiger partial charge in [-0.25, -0.2) is 8.78 Å². The first-order chi connectivity index (χ1) is 7.82. The molecule has 94 valence electrons. The van der Waals surface area contributed by atoms with E-state index in [1.54, 1.807) is 0 Å². The fourth-order valence-electron chi connectivity index (χ4n) is 1.18. The van der Waals surface area contributed by atoms with E-state index in [1.807, 2.05) is 0 Å². The lowest BCUT2D eigenvalue weighted by Crippen LogP contribution is -2.06. The summed E-state index contributed by atoms with van der Waals surface area (Å²) in [7, 11) is 0. The second-order valence-electron chi connectivity index (χ2n) is 3.12. The maximum absolute atomic E-state index is 12.5. The number of alkyl halides is 4. The normalized spacial score (nSPS) is 11.1. The SMILES string of the molecule is CC(=O)c1cc(C(F)F)cc(OC(F)F)c1Cl. The number of hydrogen-bond acceptors (Lipinski definition) is 2. The molecule has 1 rings (SSSR count). The van der Waals surface area contributed by atoms with E-state index in [9.17, 15) is 22.4 Å². The van der Waals surface area contributed by atoms with E-state index in [4.69, 9.17) is 11.6 Å². The lowest BCUT2D eigenvalue weighted by molar-refractivity contribution is -0.0500. The van der Waals surface area contributed by atoms with Crippen molar-refractivity contribution in [2.45, 2.75) is 20.0 Å². The van der Waals surface area contributed by atoms with E-state index in [0.717, 1.165) is 13.0 Å². The molecule has 2 nitrogen and oxygen atoms in total. The van der Waals surface area contributed by atoms with E-state index < -0.39 is 35.2 Å². The third-order valence-corrected chi connectivity index (χ3v) is 2.30. The lowest BCUT2D eigenvalue weighted by Gasteiger charge is -2.11. The third kappa shape index (κ3) is 3.33. The van der Waals surface area contributed by atoms with Crippen LogP contribution in [0.25, 0.3) is 0 Å². The molecule has 0 fully saturated rings. The number of carbonyl (C=O) groups is 1. The maximum Gasteiger partial charge on any atom is 0.387 e. The molecule has 0 aliphatic heterocycles. The second-order valence-corrected chi connectivity index (χ2v) is 3.49. The van der Waals surface area contributed by atoms with E-state index in [2.05, 4.69) is 4.74 Å². The van der Waals surface area contributed by atoms with Gasteiger partial charge < -0.3 is 4.74 Å². The number of hydrogen-bond donors (Lipinski definition) is 0. The van der Waals surface area contributed by atoms with Gasteiger partial charge in [0, 0.05) is 11.1 Å². The Hall–Kier alpha value is -1.30. The molecule has 0 atom stereocenters. The zero-order valence-electron chi connectivity index (χ0n) is 8.52. The minimum atomic E-state index is -3.21. The van der Waals surface area contributed by atoms with Crippen LogP contribution in [0, 0.1) is 0 Å². The van der Waals surface area contributed by atoms with Crippen LogP contribution in [0.5, 0.6) is 5.75 Å². The highest BCUT2D eigenvalue weighted by Gasteiger charge is 2.19. The molecule has 0 aliphatic carbocycles. The molecule has 0 amide bonds. The Morgan fingerprint density at radius 2 is 1.88 bits per heavy atom. The van der Waals surface area contributed by atoms with Crippen LogP contribution in [0.2, 0.25) is 5.02 Å². The van der Waals surface area contributed by atoms with Gasteiger partial charge in [0.15, 0.2) is 5.78 Å². The van der Waals surface area contributed by atoms with Gasteiger partial charge >= 0.3 is 6.61 Å². The Kier molecular flexibility index (Phi) is 4.34. The predicted octanol–water partition coefficient (Wildman–Crippen LogP) is 4.08. The average molecular weight is 271 g/mol. The van der Waals surface area contributed by atoms with Crippen molar-refractivity contribution in [3.63, 3.8) is 0 Å². The Balaban J connectivity index is 3.32. The molecule has 0 N–H and O–H groups in total. The third-order valence-electron chi connectivity index (χ3n) is 1.91. The van der Waals surface area contributed by atoms with Gasteiger partial charge in [-0.3, -0.25) is 4.79 Å². The number of Topliss-reactive ketones (excluding diaryl/α,β-unsaturated/α-hetero) is 1. The Labute approximate surface area is 99.1 Å². The van der Waals surface area contributed by atoms with E-state index >= 15 is 0 Å². The van der Waals surface area contributed by atoms with Crippen LogP contribution in [-0.4, -0.2) is 12.4 Å². The molecule has 1 aromatic rings. The van der Waals surface area contributed by atoms with Gasteiger partial charge in [-0.05, 0) is 19.1 Å². The summed E-state index contributed by atoms with van der Waals surface area (Å²) in [4.78, 5) is 11.1. The van der Waals surface area contributed by atoms with Gasteiger partial charge in [0.05, 0.1) is 5.02 Å². The van der Waals surface area contributed by atoms with Crippen LogP contribution in [0.3, 0.4) is 0 Å². The molecule has 0 spiro atoms. The molecule has 0 unspecified atom stereocenters. The minimum Gasteiger partial charge on any atom is -0.433 e. The van der Waals surface area contributed by atoms with Crippen molar-refractivity contribution in [1.29, 1.82) is 0 Å². The van der Waals surface area contributed by atoms with Crippen molar-refractivity contribution in [3.05, 3.63) is 28.3 Å². The first-order valence-electron chi connectivity index (χ1n) is 4.40. The fourth-order valence-corrected chi connectivity index (χ4v) is 1.47. The van der Waals surface area contributed by atoms with Crippen molar-refractivity contribution in [3.8, 4) is 5.75 Å². The van der Waals surface area contributed by atoms with Crippen LogP contribution in [0.15, 0.2) is 12.1 Å². The summed E-state index contributed by atoms with van der Waals surface area (Å²) < 4.78 is 52.9. The van der Waals surface area contributed by atoms with Gasteiger partial charge in [0.2, 0.25) is 0 Å². The van der Waals surface area contributed by atoms with E-state index in [0.29, 0.717) is 6.07 Å². The number of ether oxygens (including phenoxy) is 1. The molecule has 0 aliphatic rings. The summed E-state index contributed by atoms with van der Waals surface area (Å²) in [5, 5.41) is -0.401. The van der Waals surface area contributed by atoms with Gasteiger partial charge in [-0.1, -0.05) is 11.6 Å². The van der Waals surface area contributed by atoms with Crippen LogP contribution < -0.4 is 4.74 Å². The van der Waals surface area contributed by atoms with Gasteiger partial charge in [0.25, 0.3) is 6.43 Å². The highest BCUT2D eigenvalue weighted by Crippen LogP contribution is 2.34. The number of carbonyl (C=O) groups excluding carboxylic acids is 1. The Morgan fingerprint density at radius 1 is 1.29 bits per heavy atom. The summed E-state index contributed by atoms with van der Waals surface area (Å²) >= 11 is 5.60. The summed E-state index contributed by atoms with van der Waals surface area (Å²) in [6.07, 6.45) is -2.91. The van der Waals surface area contributed by atoms with Crippen LogP contribution in [0.1, 0.15) is 29.3 Å². The van der Waals surface area contributed by atoms with Gasteiger partial charge in [-0.15, -0.1) is 0 Å². The van der Waals surface area contributed by atoms with Crippen LogP contribution in [-0.2, 0) is 0 Å². The second kappa shape index (κ2) is 5.35. The summed E-state index contributed by atoms with van der Waals surface area (Å²) in [5.74, 6) is -1.25. The molecule has 1 aromatic carbocycles. The maximum atomic E-state index is 12.5. The van der Waals surface area contributed by atoms with Crippen LogP contribution >= 0.6 is 11.6 Å². The highest BCUT2D eigenvalue weighted by molar-refractivity contribution is 6.35. The van der Waals surface area contributed by atoms with Crippen molar-refractivity contribution in [2.24, 2.45) is 0 Å². The quantitative estimate of drug-likeness (QED) is 0.609. The van der Waals surface area contributed by atoms with Crippen LogP contribution in [0.4, 0.5) is 17.6 Å². The lowest BCUT2D eigenvalue weighted by atomic mass is 10.1. The molecule has 0 saturated heterocycles. The van der Waals surface area contributed by atoms with Crippen molar-refractivity contribution in [1.82, 2.24) is 0 Å². The standard InChI is InChI=1S/C10H7ClF4O2/c1-4(16)6-2-5(9(12)13)3-7(8(6)11)17-10(14)15/h2-3,9-10H,1H3. The minimum absolute atomic E-state index is 0.278. The number of halogens is 5. The molecule has 0 saturated carbocycles. The zero-order chi connectivity index (χ0) is 13.2. The summed E-state index contributed by atoms with van der Waals surface area (Å²) in [5.41, 5.74) is -0.879. The molecule has 7 heteroatoms. The Morgan fingerprint density at radius 3 is 2.29 bits per heavy atom. The molecule has 0 bridgehead atoms. The average Bonchev–Trinajstić information content (AvgIpc) is 2.19. The smallest absolute Gasteiger partial charge is 0.387 e. The number of rotatable bonds is 4. The number of ketones is 1. The van der Waals surface area contributed by atoms with Gasteiger partial charge in [-0.2, -0.15) is 8.78 Å². The van der Waals surface area contributed by atoms with E-state index in [-0.39, 0.29) is 5.56 Å². The van der Waals surface area contributed by atoms with Crippen molar-refractivity contribution < 1.29 is 27.1 Å². The Bertz CT molecular complexity index is 435. The highest BCUT2D eigenvalue weighted by atomic mass is 35.5. The molecular formula is C10H7ClF4O2. The summed E-state index contributed by atoms with van der Waals surface area (Å²) in [6, 6.07) is 1.54. The fraction of sp³-hybridized carbons (Fsp3) is 0.300.